The van der Waals surface area contributed by atoms with Gasteiger partial charge in [-0.05, 0) is 29.6 Å². The molecule has 0 N–H and O–H groups in total. The highest BCUT2D eigenvalue weighted by molar-refractivity contribution is 4.67. The van der Waals surface area contributed by atoms with Crippen LogP contribution in [-0.2, 0) is 0 Å². The third-order valence-electron chi connectivity index (χ3n) is 7.32. The van der Waals surface area contributed by atoms with Crippen molar-refractivity contribution in [2.24, 2.45) is 29.6 Å². The number of rotatable bonds is 18. The number of hydrogen-bond acceptors (Lipinski definition) is 0. The first kappa shape index (κ1) is 26.0. The van der Waals surface area contributed by atoms with E-state index in [2.05, 4.69) is 48.5 Å². The lowest BCUT2D eigenvalue weighted by Crippen LogP contribution is -2.13. The topological polar surface area (TPSA) is 0 Å². The Bertz CT molecular complexity index is 282. The Balaban J connectivity index is 3.59. The molecule has 0 aromatic carbocycles. The fourth-order valence-corrected chi connectivity index (χ4v) is 4.16. The molecule has 158 valence electrons. The largest absolute Gasteiger partial charge is 0.0654 e. The Hall–Kier alpha value is 0. The molecule has 0 radical (unpaired) electrons. The number of hydrogen-bond donors (Lipinski definition) is 0. The second-order valence-electron chi connectivity index (χ2n) is 9.84. The molecule has 0 nitrogen and oxygen atoms in total. The van der Waals surface area contributed by atoms with Gasteiger partial charge in [-0.2, -0.15) is 0 Å². The van der Waals surface area contributed by atoms with Crippen LogP contribution in [0.4, 0.5) is 0 Å². The van der Waals surface area contributed by atoms with Crippen molar-refractivity contribution in [2.45, 2.75) is 138 Å². The van der Waals surface area contributed by atoms with Gasteiger partial charge in [-0.3, -0.25) is 0 Å². The van der Waals surface area contributed by atoms with E-state index in [1.165, 1.54) is 89.9 Å². The normalized spacial score (nSPS) is 17.7. The van der Waals surface area contributed by atoms with E-state index in [4.69, 9.17) is 0 Å². The van der Waals surface area contributed by atoms with Crippen molar-refractivity contribution in [3.63, 3.8) is 0 Å². The van der Waals surface area contributed by atoms with Crippen molar-refractivity contribution in [3.05, 3.63) is 0 Å². The van der Waals surface area contributed by atoms with Crippen molar-refractivity contribution in [2.75, 3.05) is 0 Å². The maximum Gasteiger partial charge on any atom is -0.0417 e. The van der Waals surface area contributed by atoms with Gasteiger partial charge in [0.1, 0.15) is 0 Å². The molecule has 0 heterocycles. The zero-order chi connectivity index (χ0) is 19.8. The molecule has 0 aromatic heterocycles. The van der Waals surface area contributed by atoms with E-state index in [9.17, 15) is 0 Å². The lowest BCUT2D eigenvalue weighted by atomic mass is 9.82. The van der Waals surface area contributed by atoms with Crippen molar-refractivity contribution >= 4 is 0 Å². The molecule has 0 aliphatic carbocycles. The monoisotopic (exact) mass is 366 g/mol. The SMILES string of the molecule is CCCCCCC(C)CCCCCCC(C)C(C)CCC(C)C(C)CC. The minimum absolute atomic E-state index is 0.895. The molecule has 0 bridgehead atoms. The van der Waals surface area contributed by atoms with Crippen LogP contribution in [0.1, 0.15) is 138 Å². The molecule has 0 aromatic rings. The van der Waals surface area contributed by atoms with Gasteiger partial charge >= 0.3 is 0 Å². The molecular weight excluding hydrogens is 312 g/mol. The summed E-state index contributed by atoms with van der Waals surface area (Å²) < 4.78 is 0. The van der Waals surface area contributed by atoms with Crippen LogP contribution in [0.2, 0.25) is 0 Å². The van der Waals surface area contributed by atoms with Gasteiger partial charge in [0.05, 0.1) is 0 Å². The summed E-state index contributed by atoms with van der Waals surface area (Å²) >= 11 is 0. The van der Waals surface area contributed by atoms with Crippen molar-refractivity contribution in [1.29, 1.82) is 0 Å². The van der Waals surface area contributed by atoms with Crippen LogP contribution in [0.25, 0.3) is 0 Å². The van der Waals surface area contributed by atoms with Gasteiger partial charge in [-0.15, -0.1) is 0 Å². The molecule has 26 heavy (non-hydrogen) atoms. The quantitative estimate of drug-likeness (QED) is 0.212. The fourth-order valence-electron chi connectivity index (χ4n) is 4.16. The fraction of sp³-hybridized carbons (Fsp3) is 1.00. The molecule has 0 aliphatic rings. The Morgan fingerprint density at radius 2 is 0.846 bits per heavy atom. The molecule has 0 heteroatoms. The molecule has 5 unspecified atom stereocenters. The lowest BCUT2D eigenvalue weighted by molar-refractivity contribution is 0.275. The summed E-state index contributed by atoms with van der Waals surface area (Å²) in [6.07, 6.45) is 20.1. The Morgan fingerprint density at radius 1 is 0.423 bits per heavy atom. The average molecular weight is 367 g/mol. The summed E-state index contributed by atoms with van der Waals surface area (Å²) in [4.78, 5) is 0. The second kappa shape index (κ2) is 17.1. The van der Waals surface area contributed by atoms with E-state index in [0.717, 1.165) is 29.6 Å². The molecule has 0 amide bonds. The summed E-state index contributed by atoms with van der Waals surface area (Å²) in [5, 5.41) is 0. The predicted octanol–water partition coefficient (Wildman–Crippen LogP) is 9.67. The first-order valence-corrected chi connectivity index (χ1v) is 12.4. The highest BCUT2D eigenvalue weighted by atomic mass is 14.2. The first-order valence-electron chi connectivity index (χ1n) is 12.4. The maximum absolute atomic E-state index is 2.50. The predicted molar refractivity (Wildman–Crippen MR) is 122 cm³/mol. The molecule has 0 saturated heterocycles. The minimum atomic E-state index is 0.895. The molecule has 0 fully saturated rings. The zero-order valence-corrected chi connectivity index (χ0v) is 19.8. The standard InChI is InChI=1S/C26H54/c1-8-10-11-14-17-22(3)18-15-12-13-16-19-24(5)26(7)21-20-25(6)23(4)9-2/h22-26H,8-21H2,1-7H3. The van der Waals surface area contributed by atoms with Crippen LogP contribution in [-0.4, -0.2) is 0 Å². The van der Waals surface area contributed by atoms with Gasteiger partial charge in [-0.1, -0.05) is 138 Å². The summed E-state index contributed by atoms with van der Waals surface area (Å²) in [6.45, 7) is 17.0. The minimum Gasteiger partial charge on any atom is -0.0654 e. The summed E-state index contributed by atoms with van der Waals surface area (Å²) in [6, 6.07) is 0. The van der Waals surface area contributed by atoms with Gasteiger partial charge in [0.25, 0.3) is 0 Å². The van der Waals surface area contributed by atoms with Crippen LogP contribution in [0.3, 0.4) is 0 Å². The second-order valence-corrected chi connectivity index (χ2v) is 9.84. The van der Waals surface area contributed by atoms with Gasteiger partial charge in [0, 0.05) is 0 Å². The van der Waals surface area contributed by atoms with E-state index < -0.39 is 0 Å². The number of unbranched alkanes of at least 4 members (excludes halogenated alkanes) is 6. The van der Waals surface area contributed by atoms with Crippen LogP contribution < -0.4 is 0 Å². The summed E-state index contributed by atoms with van der Waals surface area (Å²) in [7, 11) is 0. The van der Waals surface area contributed by atoms with E-state index in [1.807, 2.05) is 0 Å². The zero-order valence-electron chi connectivity index (χ0n) is 19.8. The van der Waals surface area contributed by atoms with E-state index in [1.54, 1.807) is 0 Å². The molecule has 5 atom stereocenters. The van der Waals surface area contributed by atoms with E-state index in [-0.39, 0.29) is 0 Å². The summed E-state index contributed by atoms with van der Waals surface area (Å²) in [5.41, 5.74) is 0. The molecule has 0 spiro atoms. The third kappa shape index (κ3) is 14.1. The summed E-state index contributed by atoms with van der Waals surface area (Å²) in [5.74, 6) is 4.57. The van der Waals surface area contributed by atoms with Gasteiger partial charge in [0.15, 0.2) is 0 Å². The van der Waals surface area contributed by atoms with Gasteiger partial charge < -0.3 is 0 Å². The van der Waals surface area contributed by atoms with Crippen molar-refractivity contribution in [1.82, 2.24) is 0 Å². The molecule has 0 saturated carbocycles. The Morgan fingerprint density at radius 3 is 1.35 bits per heavy atom. The van der Waals surface area contributed by atoms with E-state index >= 15 is 0 Å². The molecule has 0 rings (SSSR count). The van der Waals surface area contributed by atoms with Crippen molar-refractivity contribution in [3.8, 4) is 0 Å². The van der Waals surface area contributed by atoms with Crippen LogP contribution in [0, 0.1) is 29.6 Å². The van der Waals surface area contributed by atoms with E-state index in [0.29, 0.717) is 0 Å². The molecular formula is C26H54. The first-order chi connectivity index (χ1) is 12.4. The Labute approximate surface area is 168 Å². The maximum atomic E-state index is 2.50. The van der Waals surface area contributed by atoms with Crippen LogP contribution in [0.5, 0.6) is 0 Å². The lowest BCUT2D eigenvalue weighted by Gasteiger charge is -2.24. The van der Waals surface area contributed by atoms with Gasteiger partial charge in [-0.25, -0.2) is 0 Å². The Kier molecular flexibility index (Phi) is 17.1. The average Bonchev–Trinajstić information content (AvgIpc) is 2.64. The highest BCUT2D eigenvalue weighted by Crippen LogP contribution is 2.27. The third-order valence-corrected chi connectivity index (χ3v) is 7.32. The van der Waals surface area contributed by atoms with Crippen LogP contribution in [0.15, 0.2) is 0 Å². The smallest absolute Gasteiger partial charge is 0.0417 e. The van der Waals surface area contributed by atoms with Gasteiger partial charge in [0.2, 0.25) is 0 Å². The van der Waals surface area contributed by atoms with Crippen molar-refractivity contribution < 1.29 is 0 Å². The highest BCUT2D eigenvalue weighted by Gasteiger charge is 2.16. The van der Waals surface area contributed by atoms with Crippen LogP contribution >= 0.6 is 0 Å². The molecule has 0 aliphatic heterocycles.